The van der Waals surface area contributed by atoms with Gasteiger partial charge >= 0.3 is 5.97 Å². The molecule has 2 atom stereocenters. The molecule has 1 aromatic heterocycles. The average Bonchev–Trinajstić information content (AvgIpc) is 3.17. The third kappa shape index (κ3) is 2.90. The Kier molecular flexibility index (Phi) is 4.23. The monoisotopic (exact) mass is 307 g/mol. The number of carbonyl (C=O) groups is 1. The van der Waals surface area contributed by atoms with Gasteiger partial charge in [0.05, 0.1) is 24.8 Å². The number of aromatic nitrogens is 2. The molecule has 1 aliphatic carbocycles. The molecule has 122 valence electrons. The van der Waals surface area contributed by atoms with Crippen LogP contribution in [-0.2, 0) is 17.9 Å². The number of aliphatic carboxylic acids is 1. The highest BCUT2D eigenvalue weighted by molar-refractivity contribution is 5.71. The van der Waals surface area contributed by atoms with Gasteiger partial charge in [0.15, 0.2) is 0 Å². The predicted octanol–water partition coefficient (Wildman–Crippen LogP) is 1.03. The van der Waals surface area contributed by atoms with Gasteiger partial charge in [-0.1, -0.05) is 0 Å². The zero-order valence-electron chi connectivity index (χ0n) is 13.3. The molecule has 6 nitrogen and oxygen atoms in total. The van der Waals surface area contributed by atoms with E-state index in [-0.39, 0.29) is 12.5 Å². The zero-order chi connectivity index (χ0) is 15.9. The number of aliphatic hydroxyl groups is 1. The highest BCUT2D eigenvalue weighted by Crippen LogP contribution is 2.44. The molecular formula is C16H25N3O3. The van der Waals surface area contributed by atoms with Crippen LogP contribution in [0.1, 0.15) is 29.8 Å². The summed E-state index contributed by atoms with van der Waals surface area (Å²) in [7, 11) is 0. The molecule has 2 aliphatic rings. The first-order valence-electron chi connectivity index (χ1n) is 8.10. The van der Waals surface area contributed by atoms with Crippen molar-refractivity contribution in [1.82, 2.24) is 14.7 Å². The summed E-state index contributed by atoms with van der Waals surface area (Å²) >= 11 is 0. The minimum Gasteiger partial charge on any atom is -0.481 e. The van der Waals surface area contributed by atoms with E-state index >= 15 is 0 Å². The van der Waals surface area contributed by atoms with E-state index in [0.717, 1.165) is 24.5 Å². The van der Waals surface area contributed by atoms with E-state index in [1.165, 1.54) is 18.4 Å². The second-order valence-electron chi connectivity index (χ2n) is 6.74. The lowest BCUT2D eigenvalue weighted by Gasteiger charge is -2.16. The SMILES string of the molecule is Cc1nn(CCO)c(C)c1CN1C[C@@H](C(=O)O)[C@H](C2CC2)C1. The quantitative estimate of drug-likeness (QED) is 0.821. The molecule has 2 fully saturated rings. The van der Waals surface area contributed by atoms with Gasteiger partial charge in [0.2, 0.25) is 0 Å². The van der Waals surface area contributed by atoms with Crippen LogP contribution in [-0.4, -0.2) is 50.6 Å². The Hall–Kier alpha value is -1.40. The maximum absolute atomic E-state index is 11.5. The molecule has 1 aliphatic heterocycles. The zero-order valence-corrected chi connectivity index (χ0v) is 13.3. The molecule has 22 heavy (non-hydrogen) atoms. The third-order valence-corrected chi connectivity index (χ3v) is 5.21. The molecule has 0 amide bonds. The maximum atomic E-state index is 11.5. The van der Waals surface area contributed by atoms with E-state index < -0.39 is 5.97 Å². The first-order valence-corrected chi connectivity index (χ1v) is 8.10. The number of rotatable bonds is 6. The van der Waals surface area contributed by atoms with E-state index in [9.17, 15) is 9.90 Å². The first kappa shape index (κ1) is 15.5. The Morgan fingerprint density at radius 2 is 2.05 bits per heavy atom. The van der Waals surface area contributed by atoms with Gasteiger partial charge in [-0.05, 0) is 38.5 Å². The Bertz CT molecular complexity index is 565. The standard InChI is InChI=1S/C16H25N3O3/c1-10-13(11(2)19(17-10)5-6-20)7-18-8-14(12-3-4-12)15(9-18)16(21)22/h12,14-15,20H,3-9H2,1-2H3,(H,21,22)/t14-,15+/m0/s1. The molecule has 2 heterocycles. The summed E-state index contributed by atoms with van der Waals surface area (Å²) in [4.78, 5) is 13.8. The van der Waals surface area contributed by atoms with Crippen LogP contribution in [0.25, 0.3) is 0 Å². The molecule has 6 heteroatoms. The summed E-state index contributed by atoms with van der Waals surface area (Å²) in [6.45, 7) is 6.88. The van der Waals surface area contributed by atoms with Crippen LogP contribution in [0.4, 0.5) is 0 Å². The molecule has 0 radical (unpaired) electrons. The largest absolute Gasteiger partial charge is 0.481 e. The molecular weight excluding hydrogens is 282 g/mol. The molecule has 1 aromatic rings. The highest BCUT2D eigenvalue weighted by atomic mass is 16.4. The average molecular weight is 307 g/mol. The molecule has 0 bridgehead atoms. The highest BCUT2D eigenvalue weighted by Gasteiger charge is 2.45. The summed E-state index contributed by atoms with van der Waals surface area (Å²) in [5.41, 5.74) is 3.23. The lowest BCUT2D eigenvalue weighted by Crippen LogP contribution is -2.24. The van der Waals surface area contributed by atoms with Crippen molar-refractivity contribution in [2.75, 3.05) is 19.7 Å². The number of hydrogen-bond acceptors (Lipinski definition) is 4. The van der Waals surface area contributed by atoms with E-state index in [1.807, 2.05) is 18.5 Å². The van der Waals surface area contributed by atoms with Gasteiger partial charge in [-0.15, -0.1) is 0 Å². The van der Waals surface area contributed by atoms with Crippen LogP contribution in [0.3, 0.4) is 0 Å². The number of carboxylic acids is 1. The van der Waals surface area contributed by atoms with Gasteiger partial charge < -0.3 is 10.2 Å². The van der Waals surface area contributed by atoms with Crippen molar-refractivity contribution in [1.29, 1.82) is 0 Å². The molecule has 1 saturated carbocycles. The summed E-state index contributed by atoms with van der Waals surface area (Å²) in [5, 5.41) is 23.0. The summed E-state index contributed by atoms with van der Waals surface area (Å²) < 4.78 is 1.84. The molecule has 0 aromatic carbocycles. The number of aryl methyl sites for hydroxylation is 1. The van der Waals surface area contributed by atoms with Gasteiger partial charge in [-0.3, -0.25) is 14.4 Å². The van der Waals surface area contributed by atoms with Crippen molar-refractivity contribution in [2.45, 2.75) is 39.8 Å². The molecule has 0 spiro atoms. The number of likely N-dealkylation sites (tertiary alicyclic amines) is 1. The number of hydrogen-bond donors (Lipinski definition) is 2. The first-order chi connectivity index (χ1) is 10.5. The van der Waals surface area contributed by atoms with Crippen molar-refractivity contribution in [3.63, 3.8) is 0 Å². The Labute approximate surface area is 130 Å². The van der Waals surface area contributed by atoms with Gasteiger partial charge in [-0.2, -0.15) is 5.10 Å². The summed E-state index contributed by atoms with van der Waals surface area (Å²) in [5.74, 6) is 0.0559. The Balaban J connectivity index is 1.72. The molecule has 3 rings (SSSR count). The smallest absolute Gasteiger partial charge is 0.308 e. The van der Waals surface area contributed by atoms with E-state index in [2.05, 4.69) is 10.00 Å². The fraction of sp³-hybridized carbons (Fsp3) is 0.750. The van der Waals surface area contributed by atoms with Crippen LogP contribution in [0.2, 0.25) is 0 Å². The number of carboxylic acid groups (broad SMARTS) is 1. The lowest BCUT2D eigenvalue weighted by molar-refractivity contribution is -0.142. The second kappa shape index (κ2) is 6.01. The normalized spacial score (nSPS) is 25.8. The fourth-order valence-electron chi connectivity index (χ4n) is 3.80. The lowest BCUT2D eigenvalue weighted by atomic mass is 9.92. The maximum Gasteiger partial charge on any atom is 0.308 e. The second-order valence-corrected chi connectivity index (χ2v) is 6.74. The fourth-order valence-corrected chi connectivity index (χ4v) is 3.80. The van der Waals surface area contributed by atoms with E-state index in [0.29, 0.717) is 24.9 Å². The minimum atomic E-state index is -0.649. The summed E-state index contributed by atoms with van der Waals surface area (Å²) in [6.07, 6.45) is 2.38. The van der Waals surface area contributed by atoms with Crippen molar-refractivity contribution >= 4 is 5.97 Å². The molecule has 0 unspecified atom stereocenters. The van der Waals surface area contributed by atoms with Gasteiger partial charge in [0.1, 0.15) is 0 Å². The predicted molar refractivity (Wildman–Crippen MR) is 81.4 cm³/mol. The van der Waals surface area contributed by atoms with Crippen LogP contribution < -0.4 is 0 Å². The van der Waals surface area contributed by atoms with Crippen molar-refractivity contribution in [3.8, 4) is 0 Å². The molecule has 2 N–H and O–H groups in total. The number of aliphatic hydroxyl groups excluding tert-OH is 1. The van der Waals surface area contributed by atoms with Crippen molar-refractivity contribution < 1.29 is 15.0 Å². The van der Waals surface area contributed by atoms with E-state index in [1.54, 1.807) is 0 Å². The summed E-state index contributed by atoms with van der Waals surface area (Å²) in [6, 6.07) is 0. The third-order valence-electron chi connectivity index (χ3n) is 5.21. The minimum absolute atomic E-state index is 0.0793. The van der Waals surface area contributed by atoms with E-state index in [4.69, 9.17) is 5.11 Å². The van der Waals surface area contributed by atoms with Crippen molar-refractivity contribution in [3.05, 3.63) is 17.0 Å². The van der Waals surface area contributed by atoms with Crippen molar-refractivity contribution in [2.24, 2.45) is 17.8 Å². The van der Waals surface area contributed by atoms with Gasteiger partial charge in [0.25, 0.3) is 0 Å². The van der Waals surface area contributed by atoms with Crippen LogP contribution in [0, 0.1) is 31.6 Å². The van der Waals surface area contributed by atoms with Crippen LogP contribution >= 0.6 is 0 Å². The Morgan fingerprint density at radius 3 is 2.64 bits per heavy atom. The van der Waals surface area contributed by atoms with Gasteiger partial charge in [0, 0.05) is 30.9 Å². The Morgan fingerprint density at radius 1 is 1.32 bits per heavy atom. The van der Waals surface area contributed by atoms with Gasteiger partial charge in [-0.25, -0.2) is 0 Å². The van der Waals surface area contributed by atoms with Crippen LogP contribution in [0.5, 0.6) is 0 Å². The topological polar surface area (TPSA) is 78.6 Å². The molecule has 1 saturated heterocycles. The number of nitrogens with zero attached hydrogens (tertiary/aromatic N) is 3. The van der Waals surface area contributed by atoms with Crippen LogP contribution in [0.15, 0.2) is 0 Å².